The first-order valence-corrected chi connectivity index (χ1v) is 10.2. The zero-order chi connectivity index (χ0) is 19.0. The normalized spacial score (nSPS) is 21.1. The standard InChI is InChI=1S/C17H20N6O3S/c1-12-9-23(21-19-12)11-16(24)22-8-4-5-13(10-22)17-18-14-6-2-3-7-15(14)27(25,26)20-17/h2-3,6-7,9,13H,4-5,8,10-11H2,1H3,(H,18,20)/t13-/m0/s1. The number of aryl methyl sites for hydroxylation is 1. The summed E-state index contributed by atoms with van der Waals surface area (Å²) in [6.07, 6.45) is 3.28. The second-order valence-corrected chi connectivity index (χ2v) is 8.38. The number of likely N-dealkylation sites (tertiary alicyclic amines) is 1. The number of piperidine rings is 1. The van der Waals surface area contributed by atoms with E-state index in [1.165, 1.54) is 10.7 Å². The van der Waals surface area contributed by atoms with E-state index in [9.17, 15) is 13.2 Å². The number of amidine groups is 1. The first kappa shape index (κ1) is 17.7. The van der Waals surface area contributed by atoms with Crippen LogP contribution in [0.15, 0.2) is 39.8 Å². The number of hydrogen-bond acceptors (Lipinski definition) is 6. The van der Waals surface area contributed by atoms with Gasteiger partial charge in [-0.3, -0.25) is 4.79 Å². The number of anilines is 1. The fraction of sp³-hybridized carbons (Fsp3) is 0.412. The van der Waals surface area contributed by atoms with Crippen LogP contribution in [0.2, 0.25) is 0 Å². The van der Waals surface area contributed by atoms with Gasteiger partial charge < -0.3 is 10.2 Å². The van der Waals surface area contributed by atoms with E-state index in [4.69, 9.17) is 0 Å². The van der Waals surface area contributed by atoms with Crippen molar-refractivity contribution < 1.29 is 13.2 Å². The fourth-order valence-electron chi connectivity index (χ4n) is 3.45. The van der Waals surface area contributed by atoms with Crippen molar-refractivity contribution in [1.29, 1.82) is 0 Å². The van der Waals surface area contributed by atoms with Crippen molar-refractivity contribution in [2.45, 2.75) is 31.2 Å². The van der Waals surface area contributed by atoms with Crippen LogP contribution in [0, 0.1) is 12.8 Å². The molecule has 1 saturated heterocycles. The molecule has 2 aliphatic heterocycles. The van der Waals surface area contributed by atoms with Gasteiger partial charge in [0.05, 0.1) is 11.4 Å². The van der Waals surface area contributed by atoms with E-state index in [-0.39, 0.29) is 23.3 Å². The van der Waals surface area contributed by atoms with Crippen molar-refractivity contribution in [3.63, 3.8) is 0 Å². The molecule has 9 nitrogen and oxygen atoms in total. The van der Waals surface area contributed by atoms with Crippen LogP contribution in [0.4, 0.5) is 5.69 Å². The van der Waals surface area contributed by atoms with Crippen LogP contribution in [0.25, 0.3) is 0 Å². The maximum Gasteiger partial charge on any atom is 0.286 e. The summed E-state index contributed by atoms with van der Waals surface area (Å²) < 4.78 is 30.4. The minimum absolute atomic E-state index is 0.0655. The zero-order valence-electron chi connectivity index (χ0n) is 14.9. The number of amides is 1. The number of sulfonamides is 1. The Morgan fingerprint density at radius 1 is 1.33 bits per heavy atom. The van der Waals surface area contributed by atoms with E-state index in [1.54, 1.807) is 29.3 Å². The Bertz CT molecular complexity index is 1010. The number of carbonyl (C=O) groups is 1. The van der Waals surface area contributed by atoms with Crippen molar-refractivity contribution in [3.8, 4) is 0 Å². The fourth-order valence-corrected chi connectivity index (χ4v) is 4.65. The molecule has 142 valence electrons. The summed E-state index contributed by atoms with van der Waals surface area (Å²) in [6, 6.07) is 6.71. The highest BCUT2D eigenvalue weighted by atomic mass is 32.2. The molecule has 4 rings (SSSR count). The molecule has 1 aromatic heterocycles. The minimum atomic E-state index is -3.72. The van der Waals surface area contributed by atoms with Crippen molar-refractivity contribution in [3.05, 3.63) is 36.2 Å². The first-order chi connectivity index (χ1) is 12.9. The van der Waals surface area contributed by atoms with Crippen molar-refractivity contribution in [2.24, 2.45) is 10.3 Å². The number of rotatable bonds is 3. The van der Waals surface area contributed by atoms with E-state index in [0.29, 0.717) is 24.6 Å². The summed E-state index contributed by atoms with van der Waals surface area (Å²) in [6.45, 7) is 3.00. The van der Waals surface area contributed by atoms with Gasteiger partial charge in [0.15, 0.2) is 0 Å². The Morgan fingerprint density at radius 3 is 2.93 bits per heavy atom. The third-order valence-electron chi connectivity index (χ3n) is 4.76. The Labute approximate surface area is 157 Å². The predicted molar refractivity (Wildman–Crippen MR) is 98.7 cm³/mol. The monoisotopic (exact) mass is 388 g/mol. The van der Waals surface area contributed by atoms with Crippen LogP contribution < -0.4 is 5.32 Å². The molecule has 0 spiro atoms. The summed E-state index contributed by atoms with van der Waals surface area (Å²) in [5.74, 6) is 0.190. The molecule has 1 fully saturated rings. The van der Waals surface area contributed by atoms with Gasteiger partial charge in [-0.25, -0.2) is 4.68 Å². The van der Waals surface area contributed by atoms with Gasteiger partial charge in [0.2, 0.25) is 5.91 Å². The summed E-state index contributed by atoms with van der Waals surface area (Å²) in [5, 5.41) is 10.9. The predicted octanol–water partition coefficient (Wildman–Crippen LogP) is 1.04. The summed E-state index contributed by atoms with van der Waals surface area (Å²) >= 11 is 0. The Balaban J connectivity index is 1.50. The van der Waals surface area contributed by atoms with Crippen molar-refractivity contribution in [1.82, 2.24) is 19.9 Å². The van der Waals surface area contributed by atoms with E-state index in [1.807, 2.05) is 6.92 Å². The van der Waals surface area contributed by atoms with Gasteiger partial charge in [-0.1, -0.05) is 17.3 Å². The number of benzene rings is 1. The van der Waals surface area contributed by atoms with Gasteiger partial charge in [0.1, 0.15) is 17.3 Å². The largest absolute Gasteiger partial charge is 0.342 e. The number of nitrogens with zero attached hydrogens (tertiary/aromatic N) is 5. The van der Waals surface area contributed by atoms with E-state index in [2.05, 4.69) is 20.0 Å². The molecule has 1 N–H and O–H groups in total. The molecular weight excluding hydrogens is 368 g/mol. The lowest BCUT2D eigenvalue weighted by Crippen LogP contribution is -2.45. The van der Waals surface area contributed by atoms with Gasteiger partial charge >= 0.3 is 0 Å². The second kappa shape index (κ2) is 6.76. The topological polar surface area (TPSA) is 110 Å². The molecule has 1 amide bonds. The van der Waals surface area contributed by atoms with Crippen LogP contribution in [-0.2, 0) is 21.4 Å². The molecule has 3 heterocycles. The molecule has 2 aliphatic rings. The van der Waals surface area contributed by atoms with E-state index < -0.39 is 10.0 Å². The van der Waals surface area contributed by atoms with E-state index >= 15 is 0 Å². The van der Waals surface area contributed by atoms with Gasteiger partial charge in [-0.15, -0.1) is 9.50 Å². The quantitative estimate of drug-likeness (QED) is 0.841. The molecular formula is C17H20N6O3S. The first-order valence-electron chi connectivity index (χ1n) is 8.78. The third kappa shape index (κ3) is 3.57. The molecule has 0 bridgehead atoms. The Morgan fingerprint density at radius 2 is 2.15 bits per heavy atom. The maximum atomic E-state index is 12.6. The second-order valence-electron chi connectivity index (χ2n) is 6.81. The summed E-state index contributed by atoms with van der Waals surface area (Å²) in [5.41, 5.74) is 1.29. The minimum Gasteiger partial charge on any atom is -0.342 e. The highest BCUT2D eigenvalue weighted by Gasteiger charge is 2.32. The smallest absolute Gasteiger partial charge is 0.286 e. The van der Waals surface area contributed by atoms with Crippen LogP contribution >= 0.6 is 0 Å². The van der Waals surface area contributed by atoms with Crippen LogP contribution in [-0.4, -0.2) is 53.1 Å². The number of fused-ring (bicyclic) bond motifs is 1. The summed E-state index contributed by atoms with van der Waals surface area (Å²) in [4.78, 5) is 14.5. The summed E-state index contributed by atoms with van der Waals surface area (Å²) in [7, 11) is -3.72. The highest BCUT2D eigenvalue weighted by Crippen LogP contribution is 2.30. The highest BCUT2D eigenvalue weighted by molar-refractivity contribution is 7.90. The molecule has 0 saturated carbocycles. The third-order valence-corrected chi connectivity index (χ3v) is 6.11. The average Bonchev–Trinajstić information content (AvgIpc) is 3.06. The lowest BCUT2D eigenvalue weighted by Gasteiger charge is -2.34. The SMILES string of the molecule is Cc1cn(CC(=O)N2CCC[C@H](C3=NS(=O)(=O)c4ccccc4N3)C2)nn1. The molecule has 27 heavy (non-hydrogen) atoms. The molecule has 1 aromatic carbocycles. The van der Waals surface area contributed by atoms with Gasteiger partial charge in [0, 0.05) is 25.2 Å². The van der Waals surface area contributed by atoms with E-state index in [0.717, 1.165) is 18.5 Å². The number of hydrogen-bond donors (Lipinski definition) is 1. The lowest BCUT2D eigenvalue weighted by molar-refractivity contribution is -0.133. The van der Waals surface area contributed by atoms with Crippen molar-refractivity contribution >= 4 is 27.5 Å². The van der Waals surface area contributed by atoms with Crippen molar-refractivity contribution in [2.75, 3.05) is 18.4 Å². The molecule has 2 aromatic rings. The molecule has 0 unspecified atom stereocenters. The van der Waals surface area contributed by atoms with Crippen LogP contribution in [0.1, 0.15) is 18.5 Å². The molecule has 1 atom stereocenters. The molecule has 0 radical (unpaired) electrons. The van der Waals surface area contributed by atoms with Gasteiger partial charge in [-0.2, -0.15) is 8.42 Å². The maximum absolute atomic E-state index is 12.6. The lowest BCUT2D eigenvalue weighted by atomic mass is 9.96. The van der Waals surface area contributed by atoms with Crippen LogP contribution in [0.5, 0.6) is 0 Å². The number of para-hydroxylation sites is 1. The number of aromatic nitrogens is 3. The van der Waals surface area contributed by atoms with Crippen LogP contribution in [0.3, 0.4) is 0 Å². The average molecular weight is 388 g/mol. The zero-order valence-corrected chi connectivity index (χ0v) is 15.7. The Kier molecular flexibility index (Phi) is 4.42. The molecule has 10 heteroatoms. The number of nitrogens with one attached hydrogen (secondary N) is 1. The van der Waals surface area contributed by atoms with Gasteiger partial charge in [0.25, 0.3) is 10.0 Å². The number of carbonyl (C=O) groups excluding carboxylic acids is 1. The molecule has 0 aliphatic carbocycles. The Hall–Kier alpha value is -2.75. The van der Waals surface area contributed by atoms with Gasteiger partial charge in [-0.05, 0) is 31.9 Å².